The number of carbonyl (C=O) groups is 1. The van der Waals surface area contributed by atoms with Gasteiger partial charge in [-0.3, -0.25) is 0 Å². The van der Waals surface area contributed by atoms with Crippen molar-refractivity contribution in [2.24, 2.45) is 0 Å². The minimum absolute atomic E-state index is 0.142. The summed E-state index contributed by atoms with van der Waals surface area (Å²) in [6, 6.07) is 4.74. The highest BCUT2D eigenvalue weighted by atomic mass is 19.1. The van der Waals surface area contributed by atoms with E-state index in [4.69, 9.17) is 9.84 Å². The van der Waals surface area contributed by atoms with Crippen LogP contribution in [-0.4, -0.2) is 37.4 Å². The van der Waals surface area contributed by atoms with E-state index in [0.29, 0.717) is 17.8 Å². The third kappa shape index (κ3) is 4.29. The second-order valence-electron chi connectivity index (χ2n) is 5.21. The number of halogens is 1. The molecule has 1 unspecified atom stereocenters. The number of rotatable bonds is 5. The molecule has 1 aromatic carbocycles. The molecule has 2 rings (SSSR count). The van der Waals surface area contributed by atoms with E-state index in [1.54, 1.807) is 12.1 Å². The van der Waals surface area contributed by atoms with E-state index in [1.807, 2.05) is 11.9 Å². The summed E-state index contributed by atoms with van der Waals surface area (Å²) >= 11 is 0. The summed E-state index contributed by atoms with van der Waals surface area (Å²) in [5.74, 6) is -1.52. The van der Waals surface area contributed by atoms with Crippen molar-refractivity contribution in [3.63, 3.8) is 0 Å². The number of anilines is 1. The molecule has 4 nitrogen and oxygen atoms in total. The Morgan fingerprint density at radius 2 is 2.33 bits per heavy atom. The summed E-state index contributed by atoms with van der Waals surface area (Å²) in [5.41, 5.74) is 0.958. The van der Waals surface area contributed by atoms with E-state index >= 15 is 0 Å². The Balaban J connectivity index is 2.17. The van der Waals surface area contributed by atoms with Gasteiger partial charge in [0.1, 0.15) is 5.82 Å². The maximum Gasteiger partial charge on any atom is 0.328 e. The molecule has 21 heavy (non-hydrogen) atoms. The monoisotopic (exact) mass is 293 g/mol. The van der Waals surface area contributed by atoms with Crippen molar-refractivity contribution in [3.8, 4) is 0 Å². The molecule has 0 aromatic heterocycles. The van der Waals surface area contributed by atoms with E-state index in [-0.39, 0.29) is 6.10 Å². The van der Waals surface area contributed by atoms with Gasteiger partial charge in [0, 0.05) is 37.5 Å². The molecule has 1 aromatic rings. The van der Waals surface area contributed by atoms with Crippen LogP contribution in [0, 0.1) is 5.82 Å². The van der Waals surface area contributed by atoms with Crippen molar-refractivity contribution in [3.05, 3.63) is 35.7 Å². The van der Waals surface area contributed by atoms with Crippen LogP contribution in [0.2, 0.25) is 0 Å². The molecule has 0 spiro atoms. The molecule has 1 aliphatic heterocycles. The third-order valence-electron chi connectivity index (χ3n) is 3.59. The lowest BCUT2D eigenvalue weighted by Gasteiger charge is -2.29. The number of ether oxygens (including phenoxy) is 1. The molecular weight excluding hydrogens is 273 g/mol. The Morgan fingerprint density at radius 1 is 1.52 bits per heavy atom. The zero-order valence-electron chi connectivity index (χ0n) is 12.1. The zero-order chi connectivity index (χ0) is 15.2. The maximum absolute atomic E-state index is 13.9. The van der Waals surface area contributed by atoms with E-state index in [2.05, 4.69) is 0 Å². The fourth-order valence-electron chi connectivity index (χ4n) is 2.53. The van der Waals surface area contributed by atoms with Crippen LogP contribution < -0.4 is 4.90 Å². The normalized spacial score (nSPS) is 18.9. The van der Waals surface area contributed by atoms with Gasteiger partial charge in [-0.25, -0.2) is 9.18 Å². The van der Waals surface area contributed by atoms with Crippen LogP contribution in [0.1, 0.15) is 24.8 Å². The minimum atomic E-state index is -1.09. The molecule has 1 atom stereocenters. The van der Waals surface area contributed by atoms with Crippen molar-refractivity contribution in [2.45, 2.75) is 25.4 Å². The predicted molar refractivity (Wildman–Crippen MR) is 79.9 cm³/mol. The Hall–Kier alpha value is -1.88. The molecule has 0 radical (unpaired) electrons. The Morgan fingerprint density at radius 3 is 3.00 bits per heavy atom. The van der Waals surface area contributed by atoms with Crippen LogP contribution >= 0.6 is 0 Å². The van der Waals surface area contributed by atoms with Gasteiger partial charge in [-0.15, -0.1) is 0 Å². The van der Waals surface area contributed by atoms with Crippen molar-refractivity contribution in [2.75, 3.05) is 25.1 Å². The Kier molecular flexibility index (Phi) is 5.33. The number of hydrogen-bond donors (Lipinski definition) is 1. The number of likely N-dealkylation sites (N-methyl/N-ethyl adjacent to an activating group) is 1. The van der Waals surface area contributed by atoms with Crippen molar-refractivity contribution in [1.29, 1.82) is 0 Å². The second-order valence-corrected chi connectivity index (χ2v) is 5.21. The molecule has 1 N–H and O–H groups in total. The fraction of sp³-hybridized carbons (Fsp3) is 0.438. The average Bonchev–Trinajstić information content (AvgIpc) is 2.46. The number of aliphatic carboxylic acids is 1. The summed E-state index contributed by atoms with van der Waals surface area (Å²) < 4.78 is 19.6. The second kappa shape index (κ2) is 7.22. The van der Waals surface area contributed by atoms with Crippen molar-refractivity contribution >= 4 is 17.7 Å². The summed E-state index contributed by atoms with van der Waals surface area (Å²) in [6.07, 6.45) is 5.63. The van der Waals surface area contributed by atoms with Crippen LogP contribution in [0.5, 0.6) is 0 Å². The lowest BCUT2D eigenvalue weighted by atomic mass is 10.1. The molecule has 1 heterocycles. The number of benzene rings is 1. The molecule has 1 saturated heterocycles. The van der Waals surface area contributed by atoms with Gasteiger partial charge in [0.05, 0.1) is 6.10 Å². The largest absolute Gasteiger partial charge is 0.478 e. The smallest absolute Gasteiger partial charge is 0.328 e. The first-order chi connectivity index (χ1) is 10.1. The molecule has 1 fully saturated rings. The highest BCUT2D eigenvalue weighted by Gasteiger charge is 2.18. The van der Waals surface area contributed by atoms with Crippen molar-refractivity contribution < 1.29 is 19.0 Å². The predicted octanol–water partition coefficient (Wildman–Crippen LogP) is 2.93. The van der Waals surface area contributed by atoms with E-state index < -0.39 is 11.8 Å². The topological polar surface area (TPSA) is 49.8 Å². The first kappa shape index (κ1) is 15.5. The number of hydrogen-bond acceptors (Lipinski definition) is 3. The first-order valence-corrected chi connectivity index (χ1v) is 7.10. The summed E-state index contributed by atoms with van der Waals surface area (Å²) in [6.45, 7) is 1.44. The molecule has 1 aliphatic rings. The van der Waals surface area contributed by atoms with Crippen LogP contribution in [0.3, 0.4) is 0 Å². The molecule has 0 bridgehead atoms. The summed E-state index contributed by atoms with van der Waals surface area (Å²) in [5, 5.41) is 8.71. The quantitative estimate of drug-likeness (QED) is 0.848. The Bertz CT molecular complexity index is 524. The van der Waals surface area contributed by atoms with Crippen LogP contribution in [-0.2, 0) is 9.53 Å². The van der Waals surface area contributed by atoms with Crippen LogP contribution in [0.4, 0.5) is 10.1 Å². The molecule has 114 valence electrons. The Labute approximate surface area is 123 Å². The van der Waals surface area contributed by atoms with Gasteiger partial charge in [0.25, 0.3) is 0 Å². The van der Waals surface area contributed by atoms with Crippen molar-refractivity contribution in [1.82, 2.24) is 0 Å². The van der Waals surface area contributed by atoms with Gasteiger partial charge < -0.3 is 14.7 Å². The van der Waals surface area contributed by atoms with Crippen LogP contribution in [0.15, 0.2) is 24.3 Å². The summed E-state index contributed by atoms with van der Waals surface area (Å²) in [4.78, 5) is 12.6. The molecule has 0 amide bonds. The van der Waals surface area contributed by atoms with Gasteiger partial charge >= 0.3 is 5.97 Å². The van der Waals surface area contributed by atoms with E-state index in [9.17, 15) is 9.18 Å². The highest BCUT2D eigenvalue weighted by molar-refractivity contribution is 5.87. The number of carboxylic acids is 1. The highest BCUT2D eigenvalue weighted by Crippen LogP contribution is 2.25. The summed E-state index contributed by atoms with van der Waals surface area (Å²) in [7, 11) is 1.87. The van der Waals surface area contributed by atoms with Gasteiger partial charge in [-0.05, 0) is 37.5 Å². The molecule has 0 saturated carbocycles. The van der Waals surface area contributed by atoms with Gasteiger partial charge in [0.2, 0.25) is 0 Å². The van der Waals surface area contributed by atoms with Gasteiger partial charge in [-0.2, -0.15) is 0 Å². The van der Waals surface area contributed by atoms with Gasteiger partial charge in [-0.1, -0.05) is 6.07 Å². The average molecular weight is 293 g/mol. The lowest BCUT2D eigenvalue weighted by Crippen LogP contribution is -2.33. The molecule has 5 heteroatoms. The zero-order valence-corrected chi connectivity index (χ0v) is 12.1. The van der Waals surface area contributed by atoms with Crippen LogP contribution in [0.25, 0.3) is 6.08 Å². The minimum Gasteiger partial charge on any atom is -0.478 e. The fourth-order valence-corrected chi connectivity index (χ4v) is 2.53. The SMILES string of the molecule is CN(CC1CCCCO1)c1cccc(F)c1/C=C/C(=O)O. The lowest BCUT2D eigenvalue weighted by molar-refractivity contribution is -0.131. The number of carboxylic acid groups (broad SMARTS) is 1. The third-order valence-corrected chi connectivity index (χ3v) is 3.59. The van der Waals surface area contributed by atoms with E-state index in [0.717, 1.165) is 31.9 Å². The molecule has 0 aliphatic carbocycles. The standard InChI is InChI=1S/C16H20FNO3/c1-18(11-12-5-2-3-10-21-12)15-7-4-6-14(17)13(15)8-9-16(19)20/h4,6-9,12H,2-3,5,10-11H2,1H3,(H,19,20)/b9-8+. The first-order valence-electron chi connectivity index (χ1n) is 7.10. The maximum atomic E-state index is 13.9. The van der Waals surface area contributed by atoms with Gasteiger partial charge in [0.15, 0.2) is 0 Å². The number of nitrogens with zero attached hydrogens (tertiary/aromatic N) is 1. The van der Waals surface area contributed by atoms with E-state index in [1.165, 1.54) is 12.1 Å². The molecular formula is C16H20FNO3.